The third-order valence-electron chi connectivity index (χ3n) is 2.88. The molecule has 0 fully saturated rings. The molecular weight excluding hydrogens is 233 g/mol. The number of aryl methyl sites for hydroxylation is 2. The number of hydrogen-bond donors (Lipinski definition) is 1. The zero-order valence-corrected chi connectivity index (χ0v) is 10.9. The van der Waals surface area contributed by atoms with Gasteiger partial charge in [-0.15, -0.1) is 11.3 Å². The van der Waals surface area contributed by atoms with Gasteiger partial charge in [-0.05, 0) is 42.7 Å². The monoisotopic (exact) mass is 249 g/mol. The standard InChI is InChI=1S/C14H16FNS/c1-3-11-5-7-13(17-11)14(16)10-4-6-12(15)9(2)8-10/h4-8,14H,3,16H2,1-2H3. The number of rotatable bonds is 3. The number of thiophene rings is 1. The Kier molecular flexibility index (Phi) is 3.60. The van der Waals surface area contributed by atoms with Crippen LogP contribution >= 0.6 is 11.3 Å². The van der Waals surface area contributed by atoms with Crippen molar-refractivity contribution in [3.8, 4) is 0 Å². The molecule has 0 aliphatic heterocycles. The van der Waals surface area contributed by atoms with E-state index in [9.17, 15) is 4.39 Å². The second-order valence-corrected chi connectivity index (χ2v) is 5.34. The highest BCUT2D eigenvalue weighted by atomic mass is 32.1. The summed E-state index contributed by atoms with van der Waals surface area (Å²) in [5, 5.41) is 0. The van der Waals surface area contributed by atoms with E-state index in [1.165, 1.54) is 10.9 Å². The molecular formula is C14H16FNS. The highest BCUT2D eigenvalue weighted by molar-refractivity contribution is 7.12. The maximum absolute atomic E-state index is 13.2. The molecule has 17 heavy (non-hydrogen) atoms. The van der Waals surface area contributed by atoms with Crippen LogP contribution in [0, 0.1) is 12.7 Å². The van der Waals surface area contributed by atoms with E-state index < -0.39 is 0 Å². The van der Waals surface area contributed by atoms with Gasteiger partial charge in [0.05, 0.1) is 6.04 Å². The first-order valence-corrected chi connectivity index (χ1v) is 6.53. The molecule has 1 nitrogen and oxygen atoms in total. The maximum atomic E-state index is 13.2. The summed E-state index contributed by atoms with van der Waals surface area (Å²) in [6.07, 6.45) is 1.03. The minimum Gasteiger partial charge on any atom is -0.320 e. The lowest BCUT2D eigenvalue weighted by Gasteiger charge is -2.11. The third kappa shape index (κ3) is 2.56. The van der Waals surface area contributed by atoms with Crippen LogP contribution in [0.2, 0.25) is 0 Å². The first kappa shape index (κ1) is 12.3. The van der Waals surface area contributed by atoms with Crippen molar-refractivity contribution in [2.45, 2.75) is 26.3 Å². The Bertz CT molecular complexity index is 519. The summed E-state index contributed by atoms with van der Waals surface area (Å²) >= 11 is 1.73. The molecule has 1 aromatic heterocycles. The topological polar surface area (TPSA) is 26.0 Å². The van der Waals surface area contributed by atoms with Crippen LogP contribution in [0.15, 0.2) is 30.3 Å². The van der Waals surface area contributed by atoms with Crippen molar-refractivity contribution in [1.82, 2.24) is 0 Å². The molecule has 90 valence electrons. The Morgan fingerprint density at radius 2 is 2.06 bits per heavy atom. The van der Waals surface area contributed by atoms with Gasteiger partial charge in [0, 0.05) is 9.75 Å². The Labute approximate surface area is 105 Å². The zero-order valence-electron chi connectivity index (χ0n) is 10.0. The van der Waals surface area contributed by atoms with Crippen molar-refractivity contribution in [2.24, 2.45) is 5.73 Å². The molecule has 0 amide bonds. The van der Waals surface area contributed by atoms with Crippen LogP contribution in [0.4, 0.5) is 4.39 Å². The second-order valence-electron chi connectivity index (χ2n) is 4.14. The normalized spacial score (nSPS) is 12.7. The Balaban J connectivity index is 2.29. The van der Waals surface area contributed by atoms with Crippen molar-refractivity contribution in [3.05, 3.63) is 57.0 Å². The average Bonchev–Trinajstić information content (AvgIpc) is 2.80. The van der Waals surface area contributed by atoms with Crippen molar-refractivity contribution in [2.75, 3.05) is 0 Å². The summed E-state index contributed by atoms with van der Waals surface area (Å²) in [4.78, 5) is 2.46. The molecule has 0 saturated heterocycles. The van der Waals surface area contributed by atoms with E-state index in [-0.39, 0.29) is 11.9 Å². The molecule has 0 radical (unpaired) electrons. The Morgan fingerprint density at radius 1 is 1.29 bits per heavy atom. The number of nitrogens with two attached hydrogens (primary N) is 1. The molecule has 0 bridgehead atoms. The summed E-state index contributed by atoms with van der Waals surface area (Å²) in [5.41, 5.74) is 7.80. The molecule has 2 rings (SSSR count). The molecule has 0 saturated carbocycles. The predicted molar refractivity (Wildman–Crippen MR) is 70.9 cm³/mol. The van der Waals surface area contributed by atoms with E-state index in [4.69, 9.17) is 5.73 Å². The SMILES string of the molecule is CCc1ccc(C(N)c2ccc(F)c(C)c2)s1. The van der Waals surface area contributed by atoms with Crippen LogP contribution in [0.3, 0.4) is 0 Å². The quantitative estimate of drug-likeness (QED) is 0.879. The highest BCUT2D eigenvalue weighted by Gasteiger charge is 2.12. The number of benzene rings is 1. The van der Waals surface area contributed by atoms with Crippen molar-refractivity contribution < 1.29 is 4.39 Å². The number of halogens is 1. The van der Waals surface area contributed by atoms with Gasteiger partial charge in [-0.25, -0.2) is 4.39 Å². The molecule has 0 aliphatic carbocycles. The maximum Gasteiger partial charge on any atom is 0.126 e. The van der Waals surface area contributed by atoms with E-state index in [2.05, 4.69) is 19.1 Å². The smallest absolute Gasteiger partial charge is 0.126 e. The van der Waals surface area contributed by atoms with Crippen molar-refractivity contribution in [3.63, 3.8) is 0 Å². The van der Waals surface area contributed by atoms with Crippen molar-refractivity contribution >= 4 is 11.3 Å². The third-order valence-corrected chi connectivity index (χ3v) is 4.19. The van der Waals surface area contributed by atoms with Crippen LogP contribution in [0.25, 0.3) is 0 Å². The van der Waals surface area contributed by atoms with E-state index in [1.54, 1.807) is 24.3 Å². The molecule has 2 N–H and O–H groups in total. The van der Waals surface area contributed by atoms with Crippen LogP contribution in [0.1, 0.15) is 33.8 Å². The summed E-state index contributed by atoms with van der Waals surface area (Å²) < 4.78 is 13.2. The van der Waals surface area contributed by atoms with Crippen molar-refractivity contribution in [1.29, 1.82) is 0 Å². The van der Waals surface area contributed by atoms with Gasteiger partial charge in [-0.1, -0.05) is 19.1 Å². The summed E-state index contributed by atoms with van der Waals surface area (Å²) in [5.74, 6) is -0.179. The highest BCUT2D eigenvalue weighted by Crippen LogP contribution is 2.27. The summed E-state index contributed by atoms with van der Waals surface area (Å²) in [7, 11) is 0. The minimum atomic E-state index is -0.179. The van der Waals surface area contributed by atoms with Gasteiger partial charge in [0.15, 0.2) is 0 Å². The van der Waals surface area contributed by atoms with Gasteiger partial charge < -0.3 is 5.73 Å². The van der Waals surface area contributed by atoms with Gasteiger partial charge in [-0.2, -0.15) is 0 Å². The predicted octanol–water partition coefficient (Wildman–Crippen LogP) is 3.81. The van der Waals surface area contributed by atoms with Crippen LogP contribution in [0.5, 0.6) is 0 Å². The fraction of sp³-hybridized carbons (Fsp3) is 0.286. The lowest BCUT2D eigenvalue weighted by atomic mass is 10.0. The van der Waals surface area contributed by atoms with E-state index in [1.807, 2.05) is 6.07 Å². The fourth-order valence-corrected chi connectivity index (χ4v) is 2.76. The first-order chi connectivity index (χ1) is 8.11. The molecule has 0 aliphatic rings. The van der Waals surface area contributed by atoms with E-state index in [0.29, 0.717) is 5.56 Å². The molecule has 1 unspecified atom stereocenters. The molecule has 1 aromatic carbocycles. The average molecular weight is 249 g/mol. The van der Waals surface area contributed by atoms with Gasteiger partial charge in [0.2, 0.25) is 0 Å². The molecule has 1 heterocycles. The lowest BCUT2D eigenvalue weighted by Crippen LogP contribution is -2.10. The largest absolute Gasteiger partial charge is 0.320 e. The van der Waals surface area contributed by atoms with Crippen LogP contribution in [-0.4, -0.2) is 0 Å². The lowest BCUT2D eigenvalue weighted by molar-refractivity contribution is 0.617. The van der Waals surface area contributed by atoms with E-state index in [0.717, 1.165) is 16.9 Å². The van der Waals surface area contributed by atoms with Gasteiger partial charge in [-0.3, -0.25) is 0 Å². The van der Waals surface area contributed by atoms with Gasteiger partial charge in [0.25, 0.3) is 0 Å². The Hall–Kier alpha value is -1.19. The zero-order chi connectivity index (χ0) is 12.4. The molecule has 2 aromatic rings. The minimum absolute atomic E-state index is 0.153. The first-order valence-electron chi connectivity index (χ1n) is 5.72. The Morgan fingerprint density at radius 3 is 2.65 bits per heavy atom. The molecule has 3 heteroatoms. The van der Waals surface area contributed by atoms with Crippen LogP contribution < -0.4 is 5.73 Å². The number of hydrogen-bond acceptors (Lipinski definition) is 2. The van der Waals surface area contributed by atoms with E-state index >= 15 is 0 Å². The summed E-state index contributed by atoms with van der Waals surface area (Å²) in [6, 6.07) is 9.09. The second kappa shape index (κ2) is 4.98. The molecule has 1 atom stereocenters. The van der Waals surface area contributed by atoms with Gasteiger partial charge >= 0.3 is 0 Å². The van der Waals surface area contributed by atoms with Crippen LogP contribution in [-0.2, 0) is 6.42 Å². The fourth-order valence-electron chi connectivity index (χ4n) is 1.78. The van der Waals surface area contributed by atoms with Gasteiger partial charge in [0.1, 0.15) is 5.82 Å². The molecule has 0 spiro atoms. The summed E-state index contributed by atoms with van der Waals surface area (Å²) in [6.45, 7) is 3.89.